The Labute approximate surface area is 171 Å². The molecule has 156 valence electrons. The summed E-state index contributed by atoms with van der Waals surface area (Å²) in [7, 11) is 0. The summed E-state index contributed by atoms with van der Waals surface area (Å²) in [6.45, 7) is 9.02. The minimum absolute atomic E-state index is 0.190. The second-order valence-electron chi connectivity index (χ2n) is 7.40. The molecule has 0 N–H and O–H groups in total. The van der Waals surface area contributed by atoms with Gasteiger partial charge in [0.1, 0.15) is 18.1 Å². The molecule has 1 amide bonds. The van der Waals surface area contributed by atoms with E-state index in [1.165, 1.54) is 0 Å². The third-order valence-electron chi connectivity index (χ3n) is 5.44. The molecule has 2 heterocycles. The van der Waals surface area contributed by atoms with Gasteiger partial charge in [0.25, 0.3) is 5.91 Å². The van der Waals surface area contributed by atoms with Gasteiger partial charge in [0.2, 0.25) is 0 Å². The average molecular weight is 400 g/mol. The molecule has 1 aliphatic heterocycles. The molecule has 1 saturated heterocycles. The second-order valence-corrected chi connectivity index (χ2v) is 7.40. The van der Waals surface area contributed by atoms with Crippen molar-refractivity contribution < 1.29 is 23.6 Å². The molecule has 1 fully saturated rings. The van der Waals surface area contributed by atoms with Crippen molar-refractivity contribution in [2.24, 2.45) is 5.92 Å². The van der Waals surface area contributed by atoms with Crippen LogP contribution in [0.1, 0.15) is 52.7 Å². The lowest BCUT2D eigenvalue weighted by atomic mass is 9.97. The van der Waals surface area contributed by atoms with Crippen LogP contribution < -0.4 is 4.74 Å². The summed E-state index contributed by atoms with van der Waals surface area (Å²) >= 11 is 0. The maximum atomic E-state index is 13.1. The molecular formula is C22H28N2O5. The van der Waals surface area contributed by atoms with Gasteiger partial charge in [0.05, 0.1) is 18.1 Å². The van der Waals surface area contributed by atoms with E-state index in [-0.39, 0.29) is 30.1 Å². The van der Waals surface area contributed by atoms with Crippen LogP contribution >= 0.6 is 0 Å². The van der Waals surface area contributed by atoms with Crippen LogP contribution in [0.25, 0.3) is 0 Å². The SMILES string of the molecule is CCOC(=O)C1CCCN(C(=O)c2noc(C)c2COc2cccc(C)c2C)C1. The molecule has 7 heteroatoms. The van der Waals surface area contributed by atoms with E-state index in [0.29, 0.717) is 31.0 Å². The summed E-state index contributed by atoms with van der Waals surface area (Å²) in [6.07, 6.45) is 1.48. The first-order chi connectivity index (χ1) is 13.9. The van der Waals surface area contributed by atoms with Crippen LogP contribution in [0.2, 0.25) is 0 Å². The maximum absolute atomic E-state index is 13.1. The van der Waals surface area contributed by atoms with Gasteiger partial charge in [-0.15, -0.1) is 0 Å². The highest BCUT2D eigenvalue weighted by atomic mass is 16.5. The normalized spacial score (nSPS) is 16.6. The lowest BCUT2D eigenvalue weighted by Gasteiger charge is -2.31. The number of benzene rings is 1. The van der Waals surface area contributed by atoms with Crippen LogP contribution in [-0.4, -0.2) is 41.6 Å². The number of ether oxygens (including phenoxy) is 2. The molecule has 0 aliphatic carbocycles. The van der Waals surface area contributed by atoms with Crippen LogP contribution in [0.5, 0.6) is 5.75 Å². The monoisotopic (exact) mass is 400 g/mol. The van der Waals surface area contributed by atoms with Gasteiger partial charge in [-0.2, -0.15) is 0 Å². The molecule has 0 radical (unpaired) electrons. The van der Waals surface area contributed by atoms with Crippen LogP contribution in [0.4, 0.5) is 0 Å². The van der Waals surface area contributed by atoms with E-state index < -0.39 is 0 Å². The van der Waals surface area contributed by atoms with Crippen molar-refractivity contribution in [2.45, 2.75) is 47.1 Å². The number of aryl methyl sites for hydroxylation is 2. The molecule has 1 aromatic heterocycles. The number of piperidine rings is 1. The fraction of sp³-hybridized carbons (Fsp3) is 0.500. The predicted molar refractivity (Wildman–Crippen MR) is 107 cm³/mol. The number of rotatable bonds is 6. The highest BCUT2D eigenvalue weighted by molar-refractivity contribution is 5.94. The topological polar surface area (TPSA) is 81.9 Å². The lowest BCUT2D eigenvalue weighted by molar-refractivity contribution is -0.149. The van der Waals surface area contributed by atoms with Gasteiger partial charge in [0, 0.05) is 13.1 Å². The van der Waals surface area contributed by atoms with E-state index in [9.17, 15) is 9.59 Å². The van der Waals surface area contributed by atoms with Crippen LogP contribution in [0.15, 0.2) is 22.7 Å². The molecule has 0 spiro atoms. The minimum Gasteiger partial charge on any atom is -0.488 e. The molecule has 3 rings (SSSR count). The summed E-state index contributed by atoms with van der Waals surface area (Å²) in [6, 6.07) is 5.87. The van der Waals surface area contributed by atoms with Gasteiger partial charge < -0.3 is 18.9 Å². The zero-order valence-electron chi connectivity index (χ0n) is 17.5. The maximum Gasteiger partial charge on any atom is 0.310 e. The zero-order valence-corrected chi connectivity index (χ0v) is 17.5. The van der Waals surface area contributed by atoms with Crippen LogP contribution in [0.3, 0.4) is 0 Å². The highest BCUT2D eigenvalue weighted by Gasteiger charge is 2.32. The fourth-order valence-electron chi connectivity index (χ4n) is 3.52. The van der Waals surface area contributed by atoms with Crippen molar-refractivity contribution in [1.29, 1.82) is 0 Å². The van der Waals surface area contributed by atoms with Gasteiger partial charge in [-0.1, -0.05) is 17.3 Å². The standard InChI is InChI=1S/C22H28N2O5/c1-5-27-22(26)17-9-7-11-24(12-17)21(25)20-18(16(4)29-23-20)13-28-19-10-6-8-14(2)15(19)3/h6,8,10,17H,5,7,9,11-13H2,1-4H3. The summed E-state index contributed by atoms with van der Waals surface area (Å²) in [4.78, 5) is 26.8. The van der Waals surface area contributed by atoms with E-state index >= 15 is 0 Å². The number of aromatic nitrogens is 1. The van der Waals surface area contributed by atoms with Gasteiger partial charge in [-0.05, 0) is 57.7 Å². The molecule has 0 bridgehead atoms. The third kappa shape index (κ3) is 4.60. The largest absolute Gasteiger partial charge is 0.488 e. The van der Waals surface area contributed by atoms with E-state index in [1.807, 2.05) is 32.0 Å². The number of carbonyl (C=O) groups is 2. The number of amides is 1. The van der Waals surface area contributed by atoms with Crippen LogP contribution in [-0.2, 0) is 16.1 Å². The first-order valence-electron chi connectivity index (χ1n) is 10.0. The summed E-state index contributed by atoms with van der Waals surface area (Å²) < 4.78 is 16.4. The molecule has 1 atom stereocenters. The van der Waals surface area contributed by atoms with Crippen LogP contribution in [0, 0.1) is 26.7 Å². The first kappa shape index (κ1) is 20.9. The zero-order chi connectivity index (χ0) is 21.0. The van der Waals surface area contributed by atoms with Crippen molar-refractivity contribution in [3.8, 4) is 5.75 Å². The molecule has 7 nitrogen and oxygen atoms in total. The predicted octanol–water partition coefficient (Wildman–Crippen LogP) is 3.59. The Kier molecular flexibility index (Phi) is 6.56. The number of nitrogens with zero attached hydrogens (tertiary/aromatic N) is 2. The van der Waals surface area contributed by atoms with Gasteiger partial charge in [-0.25, -0.2) is 0 Å². The summed E-state index contributed by atoms with van der Waals surface area (Å²) in [5.74, 6) is 0.535. The Morgan fingerprint density at radius 3 is 2.83 bits per heavy atom. The molecule has 1 aromatic carbocycles. The summed E-state index contributed by atoms with van der Waals surface area (Å²) in [5.41, 5.74) is 3.08. The quantitative estimate of drug-likeness (QED) is 0.689. The van der Waals surface area contributed by atoms with Crippen molar-refractivity contribution in [1.82, 2.24) is 10.1 Å². The first-order valence-corrected chi connectivity index (χ1v) is 10.0. The van der Waals surface area contributed by atoms with E-state index in [0.717, 1.165) is 29.7 Å². The Hall–Kier alpha value is -2.83. The number of likely N-dealkylation sites (tertiary alicyclic amines) is 1. The molecule has 0 saturated carbocycles. The Balaban J connectivity index is 1.73. The van der Waals surface area contributed by atoms with Gasteiger partial charge >= 0.3 is 5.97 Å². The number of carbonyl (C=O) groups excluding carboxylic acids is 2. The van der Waals surface area contributed by atoms with Gasteiger partial charge in [-0.3, -0.25) is 9.59 Å². The van der Waals surface area contributed by atoms with Crippen molar-refractivity contribution >= 4 is 11.9 Å². The Morgan fingerprint density at radius 2 is 2.07 bits per heavy atom. The number of hydrogen-bond donors (Lipinski definition) is 0. The summed E-state index contributed by atoms with van der Waals surface area (Å²) in [5, 5.41) is 3.99. The van der Waals surface area contributed by atoms with Crippen molar-refractivity contribution in [3.05, 3.63) is 46.3 Å². The Morgan fingerprint density at radius 1 is 1.28 bits per heavy atom. The molecular weight excluding hydrogens is 372 g/mol. The molecule has 2 aromatic rings. The van der Waals surface area contributed by atoms with E-state index in [2.05, 4.69) is 5.16 Å². The number of esters is 1. The smallest absolute Gasteiger partial charge is 0.310 e. The minimum atomic E-state index is -0.296. The highest BCUT2D eigenvalue weighted by Crippen LogP contribution is 2.25. The van der Waals surface area contributed by atoms with Gasteiger partial charge in [0.15, 0.2) is 5.69 Å². The molecule has 1 unspecified atom stereocenters. The van der Waals surface area contributed by atoms with Crippen molar-refractivity contribution in [2.75, 3.05) is 19.7 Å². The van der Waals surface area contributed by atoms with Crippen molar-refractivity contribution in [3.63, 3.8) is 0 Å². The second kappa shape index (κ2) is 9.11. The van der Waals surface area contributed by atoms with E-state index in [1.54, 1.807) is 18.7 Å². The number of hydrogen-bond acceptors (Lipinski definition) is 6. The fourth-order valence-corrected chi connectivity index (χ4v) is 3.52. The average Bonchev–Trinajstić information content (AvgIpc) is 3.09. The molecule has 29 heavy (non-hydrogen) atoms. The van der Waals surface area contributed by atoms with E-state index in [4.69, 9.17) is 14.0 Å². The third-order valence-corrected chi connectivity index (χ3v) is 5.44. The lowest BCUT2D eigenvalue weighted by Crippen LogP contribution is -2.43. The molecule has 1 aliphatic rings. The Bertz CT molecular complexity index is 889.